The second-order valence-electron chi connectivity index (χ2n) is 7.03. The first kappa shape index (κ1) is 21.8. The van der Waals surface area contributed by atoms with Crippen LogP contribution in [0.3, 0.4) is 0 Å². The van der Waals surface area contributed by atoms with Crippen molar-refractivity contribution in [3.05, 3.63) is 65.2 Å². The molecule has 1 fully saturated rings. The normalized spacial score (nSPS) is 17.8. The van der Waals surface area contributed by atoms with Crippen LogP contribution in [0.1, 0.15) is 28.4 Å². The van der Waals surface area contributed by atoms with E-state index in [0.29, 0.717) is 22.4 Å². The third-order valence-electron chi connectivity index (χ3n) is 4.98. The first-order valence-corrected chi connectivity index (χ1v) is 9.40. The van der Waals surface area contributed by atoms with Crippen LogP contribution in [0.5, 0.6) is 5.75 Å². The molecule has 162 valence electrons. The maximum atomic E-state index is 12.9. The molecule has 0 unspecified atom stereocenters. The van der Waals surface area contributed by atoms with Crippen molar-refractivity contribution in [2.24, 2.45) is 0 Å². The number of nitrogens with one attached hydrogen (secondary N) is 1. The zero-order chi connectivity index (χ0) is 22.6. The topological polar surface area (TPSA) is 111 Å². The summed E-state index contributed by atoms with van der Waals surface area (Å²) in [5.74, 6) is -1.22. The number of esters is 2. The molecule has 1 saturated heterocycles. The summed E-state index contributed by atoms with van der Waals surface area (Å²) >= 11 is 0. The summed E-state index contributed by atoms with van der Waals surface area (Å²) in [5, 5.41) is 2.63. The molecule has 1 heterocycles. The van der Waals surface area contributed by atoms with Crippen LogP contribution in [0.25, 0.3) is 0 Å². The summed E-state index contributed by atoms with van der Waals surface area (Å²) in [5.41, 5.74) is 0.137. The number of carbonyl (C=O) groups excluding carboxylic acids is 4. The van der Waals surface area contributed by atoms with Gasteiger partial charge in [0.25, 0.3) is 5.91 Å². The van der Waals surface area contributed by atoms with Crippen LogP contribution in [-0.2, 0) is 31.2 Å². The molecule has 31 heavy (non-hydrogen) atoms. The van der Waals surface area contributed by atoms with Gasteiger partial charge in [-0.05, 0) is 42.3 Å². The van der Waals surface area contributed by atoms with Gasteiger partial charge >= 0.3 is 18.0 Å². The van der Waals surface area contributed by atoms with Crippen molar-refractivity contribution >= 4 is 23.9 Å². The van der Waals surface area contributed by atoms with Gasteiger partial charge in [0.05, 0.1) is 19.8 Å². The van der Waals surface area contributed by atoms with E-state index in [0.717, 1.165) is 4.90 Å². The number of nitrogens with zero attached hydrogens (tertiary/aromatic N) is 1. The molecule has 0 aliphatic carbocycles. The first-order valence-electron chi connectivity index (χ1n) is 9.40. The Morgan fingerprint density at radius 1 is 1.06 bits per heavy atom. The van der Waals surface area contributed by atoms with Gasteiger partial charge in [0.1, 0.15) is 24.4 Å². The fourth-order valence-electron chi connectivity index (χ4n) is 3.21. The van der Waals surface area contributed by atoms with Crippen molar-refractivity contribution in [3.63, 3.8) is 0 Å². The molecule has 3 amide bonds. The van der Waals surface area contributed by atoms with Gasteiger partial charge in [-0.1, -0.05) is 24.3 Å². The Labute approximate surface area is 178 Å². The lowest BCUT2D eigenvalue weighted by atomic mass is 9.92. The number of hydrogen-bond acceptors (Lipinski definition) is 7. The Morgan fingerprint density at radius 3 is 2.42 bits per heavy atom. The quantitative estimate of drug-likeness (QED) is 0.532. The number of methoxy groups -OCH3 is 2. The predicted molar refractivity (Wildman–Crippen MR) is 108 cm³/mol. The van der Waals surface area contributed by atoms with Crippen molar-refractivity contribution in [3.8, 4) is 5.75 Å². The summed E-state index contributed by atoms with van der Waals surface area (Å²) in [6.45, 7) is 0.912. The van der Waals surface area contributed by atoms with E-state index in [-0.39, 0.29) is 6.61 Å². The molecule has 0 spiro atoms. The second-order valence-corrected chi connectivity index (χ2v) is 7.03. The smallest absolute Gasteiger partial charge is 0.337 e. The minimum Gasteiger partial charge on any atom is -0.497 e. The molecule has 1 atom stereocenters. The van der Waals surface area contributed by atoms with Crippen LogP contribution >= 0.6 is 0 Å². The molecule has 9 nitrogen and oxygen atoms in total. The molecular formula is C22H22N2O7. The van der Waals surface area contributed by atoms with E-state index in [1.165, 1.54) is 20.3 Å². The van der Waals surface area contributed by atoms with Crippen LogP contribution < -0.4 is 10.1 Å². The molecule has 1 aliphatic heterocycles. The molecule has 0 saturated carbocycles. The average molecular weight is 426 g/mol. The molecule has 1 aliphatic rings. The van der Waals surface area contributed by atoms with Gasteiger partial charge in [-0.3, -0.25) is 14.5 Å². The van der Waals surface area contributed by atoms with Gasteiger partial charge in [-0.2, -0.15) is 0 Å². The van der Waals surface area contributed by atoms with Gasteiger partial charge in [0, 0.05) is 0 Å². The summed E-state index contributed by atoms with van der Waals surface area (Å²) in [4.78, 5) is 50.0. The minimum atomic E-state index is -1.31. The van der Waals surface area contributed by atoms with Crippen molar-refractivity contribution < 1.29 is 33.4 Å². The largest absolute Gasteiger partial charge is 0.497 e. The van der Waals surface area contributed by atoms with Gasteiger partial charge in [0.15, 0.2) is 0 Å². The maximum absolute atomic E-state index is 12.9. The maximum Gasteiger partial charge on any atom is 0.337 e. The number of imide groups is 1. The molecule has 0 radical (unpaired) electrons. The Kier molecular flexibility index (Phi) is 6.24. The van der Waals surface area contributed by atoms with Gasteiger partial charge in [-0.25, -0.2) is 9.59 Å². The van der Waals surface area contributed by atoms with E-state index in [9.17, 15) is 19.2 Å². The van der Waals surface area contributed by atoms with Gasteiger partial charge in [0.2, 0.25) is 0 Å². The zero-order valence-electron chi connectivity index (χ0n) is 17.3. The fourth-order valence-corrected chi connectivity index (χ4v) is 3.21. The summed E-state index contributed by atoms with van der Waals surface area (Å²) in [7, 11) is 2.80. The average Bonchev–Trinajstić information content (AvgIpc) is 3.01. The standard InChI is InChI=1S/C22H22N2O7/c1-22(16-7-9-17(29-2)10-8-16)20(27)24(21(28)23-22)12-18(25)31-13-14-5-4-6-15(11-14)19(26)30-3/h4-11H,12-13H2,1-3H3,(H,23,28)/t22-/m1/s1. The molecule has 0 bridgehead atoms. The Hall–Kier alpha value is -3.88. The molecule has 2 aromatic rings. The molecule has 3 rings (SSSR count). The van der Waals surface area contributed by atoms with E-state index in [1.54, 1.807) is 49.4 Å². The number of benzene rings is 2. The van der Waals surface area contributed by atoms with Gasteiger partial charge < -0.3 is 19.5 Å². The third kappa shape index (κ3) is 4.50. The van der Waals surface area contributed by atoms with Gasteiger partial charge in [-0.15, -0.1) is 0 Å². The number of rotatable bonds is 7. The molecule has 9 heteroatoms. The summed E-state index contributed by atoms with van der Waals surface area (Å²) in [6, 6.07) is 12.4. The SMILES string of the molecule is COC(=O)c1cccc(COC(=O)CN2C(=O)N[C@](C)(c3ccc(OC)cc3)C2=O)c1. The Morgan fingerprint density at radius 2 is 1.77 bits per heavy atom. The summed E-state index contributed by atoms with van der Waals surface area (Å²) in [6.07, 6.45) is 0. The predicted octanol–water partition coefficient (Wildman–Crippen LogP) is 1.99. The number of hydrogen-bond donors (Lipinski definition) is 1. The van der Waals surface area contributed by atoms with Crippen molar-refractivity contribution in [1.29, 1.82) is 0 Å². The fraction of sp³-hybridized carbons (Fsp3) is 0.273. The third-order valence-corrected chi connectivity index (χ3v) is 4.98. The number of ether oxygens (including phenoxy) is 3. The van der Waals surface area contributed by atoms with Crippen molar-refractivity contribution in [2.45, 2.75) is 19.1 Å². The first-order chi connectivity index (χ1) is 14.8. The lowest BCUT2D eigenvalue weighted by Gasteiger charge is -2.22. The van der Waals surface area contributed by atoms with E-state index >= 15 is 0 Å². The zero-order valence-corrected chi connectivity index (χ0v) is 17.3. The van der Waals surface area contributed by atoms with E-state index < -0.39 is 36.0 Å². The number of urea groups is 1. The van der Waals surface area contributed by atoms with E-state index in [1.807, 2.05) is 0 Å². The highest BCUT2D eigenvalue weighted by Gasteiger charge is 2.49. The molecular weight excluding hydrogens is 404 g/mol. The van der Waals surface area contributed by atoms with Crippen LogP contribution in [0.4, 0.5) is 4.79 Å². The molecule has 1 N–H and O–H groups in total. The number of carbonyl (C=O) groups is 4. The summed E-state index contributed by atoms with van der Waals surface area (Å²) < 4.78 is 14.9. The Balaban J connectivity index is 1.64. The Bertz CT molecular complexity index is 1020. The molecule has 0 aromatic heterocycles. The lowest BCUT2D eigenvalue weighted by Crippen LogP contribution is -2.41. The van der Waals surface area contributed by atoms with E-state index in [2.05, 4.69) is 10.1 Å². The second kappa shape index (κ2) is 8.86. The van der Waals surface area contributed by atoms with Crippen molar-refractivity contribution in [1.82, 2.24) is 10.2 Å². The van der Waals surface area contributed by atoms with Crippen molar-refractivity contribution in [2.75, 3.05) is 20.8 Å². The monoisotopic (exact) mass is 426 g/mol. The van der Waals surface area contributed by atoms with Crippen LogP contribution in [0, 0.1) is 0 Å². The van der Waals surface area contributed by atoms with Crippen LogP contribution in [-0.4, -0.2) is 49.5 Å². The highest BCUT2D eigenvalue weighted by Crippen LogP contribution is 2.30. The minimum absolute atomic E-state index is 0.122. The van der Waals surface area contributed by atoms with Crippen LogP contribution in [0.2, 0.25) is 0 Å². The van der Waals surface area contributed by atoms with E-state index in [4.69, 9.17) is 9.47 Å². The molecule has 2 aromatic carbocycles. The highest BCUT2D eigenvalue weighted by molar-refractivity contribution is 6.08. The lowest BCUT2D eigenvalue weighted by molar-refractivity contribution is -0.148. The van der Waals surface area contributed by atoms with Crippen LogP contribution in [0.15, 0.2) is 48.5 Å². The number of amides is 3. The highest BCUT2D eigenvalue weighted by atomic mass is 16.5.